The molecule has 0 heterocycles. The van der Waals surface area contributed by atoms with Crippen LogP contribution in [0, 0.1) is 6.92 Å². The second-order valence-corrected chi connectivity index (χ2v) is 3.16. The minimum atomic E-state index is 0.0180. The van der Waals surface area contributed by atoms with Crippen molar-refractivity contribution in [2.45, 2.75) is 6.92 Å². The molecule has 0 bridgehead atoms. The van der Waals surface area contributed by atoms with Crippen LogP contribution < -0.4 is 5.32 Å². The zero-order valence-corrected chi connectivity index (χ0v) is 8.53. The summed E-state index contributed by atoms with van der Waals surface area (Å²) in [6.07, 6.45) is 3.93. The lowest BCUT2D eigenvalue weighted by atomic mass is 10.1. The van der Waals surface area contributed by atoms with Gasteiger partial charge < -0.3 is 10.4 Å². The molecule has 0 unspecified atom stereocenters. The van der Waals surface area contributed by atoms with E-state index in [1.54, 1.807) is 12.1 Å². The molecular weight excluding hydrogens is 190 g/mol. The summed E-state index contributed by atoms with van der Waals surface area (Å²) in [7, 11) is 0. The second-order valence-electron chi connectivity index (χ2n) is 3.16. The fraction of sp³-hybridized carbons (Fsp3) is 0.0833. The van der Waals surface area contributed by atoms with Crippen LogP contribution in [-0.2, 0) is 4.79 Å². The van der Waals surface area contributed by atoms with Gasteiger partial charge in [0.05, 0.1) is 0 Å². The lowest BCUT2D eigenvalue weighted by Crippen LogP contribution is -1.94. The van der Waals surface area contributed by atoms with Crippen molar-refractivity contribution >= 4 is 18.2 Å². The number of amides is 1. The number of benzene rings is 1. The maximum atomic E-state index is 10.2. The number of hydrogen-bond acceptors (Lipinski definition) is 2. The van der Waals surface area contributed by atoms with Gasteiger partial charge in [-0.2, -0.15) is 0 Å². The Hall–Kier alpha value is -2.03. The van der Waals surface area contributed by atoms with Crippen molar-refractivity contribution in [2.24, 2.45) is 0 Å². The van der Waals surface area contributed by atoms with Gasteiger partial charge in [0.15, 0.2) is 0 Å². The lowest BCUT2D eigenvalue weighted by molar-refractivity contribution is -0.105. The van der Waals surface area contributed by atoms with Gasteiger partial charge in [-0.25, -0.2) is 0 Å². The smallest absolute Gasteiger partial charge is 0.211 e. The van der Waals surface area contributed by atoms with E-state index in [1.165, 1.54) is 6.08 Å². The van der Waals surface area contributed by atoms with E-state index < -0.39 is 0 Å². The Balaban J connectivity index is 2.92. The van der Waals surface area contributed by atoms with E-state index in [1.807, 2.05) is 19.1 Å². The third-order valence-corrected chi connectivity index (χ3v) is 1.95. The molecule has 0 saturated carbocycles. The molecule has 0 saturated heterocycles. The summed E-state index contributed by atoms with van der Waals surface area (Å²) in [5, 5.41) is 11.5. The van der Waals surface area contributed by atoms with E-state index in [2.05, 4.69) is 11.9 Å². The number of allylic oxidation sites excluding steroid dienone is 1. The van der Waals surface area contributed by atoms with E-state index in [-0.39, 0.29) is 5.76 Å². The Morgan fingerprint density at radius 3 is 2.80 bits per heavy atom. The van der Waals surface area contributed by atoms with Crippen molar-refractivity contribution in [3.63, 3.8) is 0 Å². The van der Waals surface area contributed by atoms with Crippen LogP contribution in [0.4, 0.5) is 5.69 Å². The van der Waals surface area contributed by atoms with Crippen molar-refractivity contribution in [1.82, 2.24) is 0 Å². The molecular formula is C12H13NO2. The van der Waals surface area contributed by atoms with Gasteiger partial charge in [0.1, 0.15) is 5.76 Å². The van der Waals surface area contributed by atoms with Crippen molar-refractivity contribution in [3.05, 3.63) is 47.7 Å². The molecule has 1 amide bonds. The number of hydrogen-bond donors (Lipinski definition) is 2. The molecule has 1 aromatic carbocycles. The Morgan fingerprint density at radius 2 is 2.27 bits per heavy atom. The monoisotopic (exact) mass is 203 g/mol. The summed E-state index contributed by atoms with van der Waals surface area (Å²) >= 11 is 0. The van der Waals surface area contributed by atoms with Crippen LogP contribution in [0.1, 0.15) is 11.1 Å². The first-order valence-corrected chi connectivity index (χ1v) is 4.50. The van der Waals surface area contributed by atoms with Crippen molar-refractivity contribution < 1.29 is 9.90 Å². The van der Waals surface area contributed by atoms with Gasteiger partial charge >= 0.3 is 0 Å². The van der Waals surface area contributed by atoms with Gasteiger partial charge in [-0.1, -0.05) is 18.7 Å². The SMILES string of the molecule is C=C(O)/C=C/c1ccc(NC=O)cc1C. The first kappa shape index (κ1) is 11.0. The first-order valence-electron chi connectivity index (χ1n) is 4.50. The zero-order valence-electron chi connectivity index (χ0n) is 8.53. The molecule has 1 rings (SSSR count). The summed E-state index contributed by atoms with van der Waals surface area (Å²) in [6, 6.07) is 5.51. The second kappa shape index (κ2) is 5.00. The fourth-order valence-electron chi connectivity index (χ4n) is 1.21. The maximum Gasteiger partial charge on any atom is 0.211 e. The molecule has 3 nitrogen and oxygen atoms in total. The molecule has 0 aliphatic carbocycles. The van der Waals surface area contributed by atoms with Crippen molar-refractivity contribution in [1.29, 1.82) is 0 Å². The minimum Gasteiger partial charge on any atom is -0.509 e. The quantitative estimate of drug-likeness (QED) is 0.449. The number of aliphatic hydroxyl groups excluding tert-OH is 1. The van der Waals surface area contributed by atoms with E-state index in [0.717, 1.165) is 16.8 Å². The lowest BCUT2D eigenvalue weighted by Gasteiger charge is -2.03. The van der Waals surface area contributed by atoms with Gasteiger partial charge in [-0.3, -0.25) is 4.79 Å². The molecule has 0 aliphatic rings. The van der Waals surface area contributed by atoms with Crippen LogP contribution in [0.5, 0.6) is 0 Å². The zero-order chi connectivity index (χ0) is 11.3. The number of carbonyl (C=O) groups is 1. The number of carbonyl (C=O) groups excluding carboxylic acids is 1. The average molecular weight is 203 g/mol. The Bertz CT molecular complexity index is 408. The minimum absolute atomic E-state index is 0.0180. The van der Waals surface area contributed by atoms with E-state index in [4.69, 9.17) is 5.11 Å². The van der Waals surface area contributed by atoms with Crippen LogP contribution in [0.2, 0.25) is 0 Å². The summed E-state index contributed by atoms with van der Waals surface area (Å²) < 4.78 is 0. The van der Waals surface area contributed by atoms with Crippen LogP contribution in [-0.4, -0.2) is 11.5 Å². The highest BCUT2D eigenvalue weighted by atomic mass is 16.3. The predicted octanol–water partition coefficient (Wildman–Crippen LogP) is 2.65. The number of nitrogens with one attached hydrogen (secondary N) is 1. The molecule has 0 radical (unpaired) electrons. The highest BCUT2D eigenvalue weighted by Crippen LogP contribution is 2.16. The number of aliphatic hydroxyl groups is 1. The topological polar surface area (TPSA) is 49.3 Å². The van der Waals surface area contributed by atoms with Gasteiger partial charge in [0, 0.05) is 5.69 Å². The van der Waals surface area contributed by atoms with E-state index >= 15 is 0 Å². The van der Waals surface area contributed by atoms with Gasteiger partial charge in [-0.05, 0) is 36.3 Å². The Labute approximate surface area is 88.7 Å². The summed E-state index contributed by atoms with van der Waals surface area (Å²) in [4.78, 5) is 10.2. The van der Waals surface area contributed by atoms with E-state index in [9.17, 15) is 4.79 Å². The molecule has 3 heteroatoms. The highest BCUT2D eigenvalue weighted by molar-refractivity contribution is 5.72. The molecule has 78 valence electrons. The molecule has 0 aliphatic heterocycles. The molecule has 0 fully saturated rings. The van der Waals surface area contributed by atoms with Crippen LogP contribution >= 0.6 is 0 Å². The van der Waals surface area contributed by atoms with Crippen LogP contribution in [0.25, 0.3) is 6.08 Å². The predicted molar refractivity (Wildman–Crippen MR) is 61.7 cm³/mol. The molecule has 1 aromatic rings. The van der Waals surface area contributed by atoms with Crippen LogP contribution in [0.15, 0.2) is 36.6 Å². The number of anilines is 1. The summed E-state index contributed by atoms with van der Waals surface area (Å²) in [5.41, 5.74) is 2.74. The van der Waals surface area contributed by atoms with E-state index in [0.29, 0.717) is 6.41 Å². The molecule has 0 spiro atoms. The molecule has 0 aromatic heterocycles. The number of rotatable bonds is 4. The van der Waals surface area contributed by atoms with Crippen molar-refractivity contribution in [3.8, 4) is 0 Å². The van der Waals surface area contributed by atoms with Gasteiger partial charge in [0.2, 0.25) is 6.41 Å². The Kier molecular flexibility index (Phi) is 3.68. The Morgan fingerprint density at radius 1 is 1.53 bits per heavy atom. The highest BCUT2D eigenvalue weighted by Gasteiger charge is 1.96. The third kappa shape index (κ3) is 3.31. The van der Waals surface area contributed by atoms with Crippen molar-refractivity contribution in [2.75, 3.05) is 5.32 Å². The third-order valence-electron chi connectivity index (χ3n) is 1.95. The molecule has 0 atom stereocenters. The molecule has 15 heavy (non-hydrogen) atoms. The largest absolute Gasteiger partial charge is 0.509 e. The number of aryl methyl sites for hydroxylation is 1. The average Bonchev–Trinajstić information content (AvgIpc) is 2.17. The standard InChI is InChI=1S/C12H13NO2/c1-9-7-12(13-8-14)6-5-11(9)4-3-10(2)15/h3-8,15H,2H2,1H3,(H,13,14)/b4-3+. The fourth-order valence-corrected chi connectivity index (χ4v) is 1.21. The normalized spacial score (nSPS) is 10.2. The first-order chi connectivity index (χ1) is 7.13. The van der Waals surface area contributed by atoms with Gasteiger partial charge in [-0.15, -0.1) is 0 Å². The summed E-state index contributed by atoms with van der Waals surface area (Å²) in [5.74, 6) is 0.0180. The summed E-state index contributed by atoms with van der Waals surface area (Å²) in [6.45, 7) is 5.28. The van der Waals surface area contributed by atoms with Crippen LogP contribution in [0.3, 0.4) is 0 Å². The molecule has 2 N–H and O–H groups in total. The van der Waals surface area contributed by atoms with Gasteiger partial charge in [0.25, 0.3) is 0 Å². The maximum absolute atomic E-state index is 10.2.